The molecule has 5 rings (SSSR count). The Morgan fingerprint density at radius 3 is 2.00 bits per heavy atom. The van der Waals surface area contributed by atoms with Gasteiger partial charge in [0.1, 0.15) is 0 Å². The number of benzene rings is 2. The van der Waals surface area contributed by atoms with Crippen molar-refractivity contribution in [1.29, 1.82) is 0 Å². The average molecular weight is 374 g/mol. The van der Waals surface area contributed by atoms with Gasteiger partial charge in [0.05, 0.1) is 11.1 Å². The van der Waals surface area contributed by atoms with Gasteiger partial charge in [0, 0.05) is 25.3 Å². The third kappa shape index (κ3) is 3.01. The van der Waals surface area contributed by atoms with Crippen LogP contribution in [0.4, 0.5) is 5.69 Å². The van der Waals surface area contributed by atoms with Crippen LogP contribution in [0.3, 0.4) is 0 Å². The van der Waals surface area contributed by atoms with E-state index in [1.54, 1.807) is 12.1 Å². The van der Waals surface area contributed by atoms with E-state index in [0.717, 1.165) is 32.4 Å². The second kappa shape index (κ2) is 7.08. The summed E-state index contributed by atoms with van der Waals surface area (Å²) in [5.41, 5.74) is 4.01. The van der Waals surface area contributed by atoms with Gasteiger partial charge in [0.2, 0.25) is 0 Å². The molecule has 1 saturated carbocycles. The van der Waals surface area contributed by atoms with Crippen molar-refractivity contribution in [2.75, 3.05) is 24.5 Å². The lowest BCUT2D eigenvalue weighted by Gasteiger charge is -2.33. The third-order valence-electron chi connectivity index (χ3n) is 6.75. The Labute approximate surface area is 166 Å². The van der Waals surface area contributed by atoms with Crippen molar-refractivity contribution in [2.24, 2.45) is 11.8 Å². The Kier molecular flexibility index (Phi) is 4.42. The molecule has 1 fully saturated rings. The van der Waals surface area contributed by atoms with E-state index in [4.69, 9.17) is 0 Å². The van der Waals surface area contributed by atoms with Gasteiger partial charge in [-0.05, 0) is 67.7 Å². The lowest BCUT2D eigenvalue weighted by atomic mass is 9.81. The molecule has 0 saturated heterocycles. The van der Waals surface area contributed by atoms with Gasteiger partial charge in [-0.2, -0.15) is 0 Å². The quantitative estimate of drug-likeness (QED) is 0.755. The summed E-state index contributed by atoms with van der Waals surface area (Å²) in [5, 5.41) is 0. The first-order chi connectivity index (χ1) is 13.7. The number of imide groups is 1. The van der Waals surface area contributed by atoms with Crippen molar-refractivity contribution in [3.05, 3.63) is 65.2 Å². The average Bonchev–Trinajstić information content (AvgIpc) is 3.24. The van der Waals surface area contributed by atoms with Crippen LogP contribution in [0, 0.1) is 11.8 Å². The molecule has 2 heterocycles. The molecule has 4 heteroatoms. The minimum absolute atomic E-state index is 0.114. The highest BCUT2D eigenvalue weighted by Gasteiger charge is 2.37. The van der Waals surface area contributed by atoms with Crippen molar-refractivity contribution in [1.82, 2.24) is 4.90 Å². The first-order valence-electron chi connectivity index (χ1n) is 10.5. The number of hydrogen-bond acceptors (Lipinski definition) is 3. The number of carbonyl (C=O) groups is 2. The molecular formula is C24H26N2O2. The molecule has 1 aliphatic carbocycles. The maximum absolute atomic E-state index is 12.6. The molecule has 2 amide bonds. The van der Waals surface area contributed by atoms with Crippen LogP contribution >= 0.6 is 0 Å². The van der Waals surface area contributed by atoms with Gasteiger partial charge in [0.25, 0.3) is 11.8 Å². The van der Waals surface area contributed by atoms with E-state index < -0.39 is 0 Å². The fraction of sp³-hybridized carbons (Fsp3) is 0.417. The monoisotopic (exact) mass is 374 g/mol. The Hall–Kier alpha value is -2.62. The number of nitrogens with zero attached hydrogens (tertiary/aromatic N) is 2. The van der Waals surface area contributed by atoms with Crippen LogP contribution in [0.15, 0.2) is 48.5 Å². The minimum atomic E-state index is -0.114. The standard InChI is InChI=1S/C24H26N2O2/c27-23-20-6-2-3-7-21(20)24(28)26(23)16-18-11-9-17(10-12-18)15-25-14-13-19-5-1-4-8-22(19)25/h1-8,17-18H,9-16H2. The van der Waals surface area contributed by atoms with Crippen LogP contribution in [0.1, 0.15) is 52.0 Å². The van der Waals surface area contributed by atoms with Gasteiger partial charge in [0.15, 0.2) is 0 Å². The molecule has 0 atom stereocenters. The maximum Gasteiger partial charge on any atom is 0.261 e. The number of fused-ring (bicyclic) bond motifs is 2. The molecule has 0 spiro atoms. The lowest BCUT2D eigenvalue weighted by Crippen LogP contribution is -2.37. The molecule has 2 aromatic carbocycles. The zero-order valence-corrected chi connectivity index (χ0v) is 16.1. The smallest absolute Gasteiger partial charge is 0.261 e. The van der Waals surface area contributed by atoms with Crippen LogP contribution in [-0.2, 0) is 6.42 Å². The molecule has 0 aromatic heterocycles. The second-order valence-corrected chi connectivity index (χ2v) is 8.48. The summed E-state index contributed by atoms with van der Waals surface area (Å²) in [6, 6.07) is 15.9. The molecule has 0 radical (unpaired) electrons. The molecule has 144 valence electrons. The summed E-state index contributed by atoms with van der Waals surface area (Å²) in [5.74, 6) is 0.918. The summed E-state index contributed by atoms with van der Waals surface area (Å²) >= 11 is 0. The van der Waals surface area contributed by atoms with E-state index >= 15 is 0 Å². The van der Waals surface area contributed by atoms with Crippen molar-refractivity contribution in [2.45, 2.75) is 32.1 Å². The lowest BCUT2D eigenvalue weighted by molar-refractivity contribution is 0.0610. The predicted octanol–water partition coefficient (Wildman–Crippen LogP) is 4.15. The Balaban J connectivity index is 1.17. The highest BCUT2D eigenvalue weighted by Crippen LogP contribution is 2.35. The summed E-state index contributed by atoms with van der Waals surface area (Å²) in [4.78, 5) is 29.2. The molecular weight excluding hydrogens is 348 g/mol. The molecule has 0 bridgehead atoms. The second-order valence-electron chi connectivity index (χ2n) is 8.48. The maximum atomic E-state index is 12.6. The van der Waals surface area contributed by atoms with Crippen molar-refractivity contribution in [3.8, 4) is 0 Å². The van der Waals surface area contributed by atoms with Crippen molar-refractivity contribution < 1.29 is 9.59 Å². The topological polar surface area (TPSA) is 40.6 Å². The van der Waals surface area contributed by atoms with Gasteiger partial charge >= 0.3 is 0 Å². The fourth-order valence-corrected chi connectivity index (χ4v) is 5.17. The van der Waals surface area contributed by atoms with Gasteiger partial charge in [-0.1, -0.05) is 30.3 Å². The van der Waals surface area contributed by atoms with E-state index in [1.807, 2.05) is 12.1 Å². The molecule has 0 unspecified atom stereocenters. The largest absolute Gasteiger partial charge is 0.371 e. The number of rotatable bonds is 4. The van der Waals surface area contributed by atoms with Crippen molar-refractivity contribution in [3.63, 3.8) is 0 Å². The first kappa shape index (κ1) is 17.5. The molecule has 28 heavy (non-hydrogen) atoms. The SMILES string of the molecule is O=C1c2ccccc2C(=O)N1CC1CCC(CN2CCc3ccccc32)CC1. The summed E-state index contributed by atoms with van der Waals surface area (Å²) in [6.07, 6.45) is 5.74. The number of hydrogen-bond donors (Lipinski definition) is 0. The van der Waals surface area contributed by atoms with Crippen LogP contribution in [-0.4, -0.2) is 36.3 Å². The predicted molar refractivity (Wildman–Crippen MR) is 110 cm³/mol. The Morgan fingerprint density at radius 2 is 1.32 bits per heavy atom. The van der Waals surface area contributed by atoms with Crippen LogP contribution in [0.25, 0.3) is 0 Å². The number of anilines is 1. The fourth-order valence-electron chi connectivity index (χ4n) is 5.17. The summed E-state index contributed by atoms with van der Waals surface area (Å²) in [7, 11) is 0. The van der Waals surface area contributed by atoms with Crippen molar-refractivity contribution >= 4 is 17.5 Å². The minimum Gasteiger partial charge on any atom is -0.371 e. The van der Waals surface area contributed by atoms with E-state index in [9.17, 15) is 9.59 Å². The van der Waals surface area contributed by atoms with E-state index in [0.29, 0.717) is 29.5 Å². The van der Waals surface area contributed by atoms with Gasteiger partial charge in [-0.15, -0.1) is 0 Å². The van der Waals surface area contributed by atoms with Gasteiger partial charge in [-0.25, -0.2) is 0 Å². The van der Waals surface area contributed by atoms with Crippen LogP contribution < -0.4 is 4.90 Å². The normalized spacial score (nSPS) is 23.9. The van der Waals surface area contributed by atoms with E-state index in [-0.39, 0.29) is 11.8 Å². The number of carbonyl (C=O) groups excluding carboxylic acids is 2. The van der Waals surface area contributed by atoms with Gasteiger partial charge < -0.3 is 4.90 Å². The Bertz CT molecular complexity index is 879. The third-order valence-corrected chi connectivity index (χ3v) is 6.75. The van der Waals surface area contributed by atoms with E-state index in [1.165, 1.54) is 29.0 Å². The number of amides is 2. The van der Waals surface area contributed by atoms with E-state index in [2.05, 4.69) is 29.2 Å². The molecule has 3 aliphatic rings. The number of para-hydroxylation sites is 1. The summed E-state index contributed by atoms with van der Waals surface area (Å²) < 4.78 is 0. The molecule has 4 nitrogen and oxygen atoms in total. The van der Waals surface area contributed by atoms with Gasteiger partial charge in [-0.3, -0.25) is 14.5 Å². The zero-order valence-electron chi connectivity index (χ0n) is 16.1. The highest BCUT2D eigenvalue weighted by atomic mass is 16.2. The van der Waals surface area contributed by atoms with Crippen LogP contribution in [0.5, 0.6) is 0 Å². The van der Waals surface area contributed by atoms with Crippen LogP contribution in [0.2, 0.25) is 0 Å². The molecule has 2 aliphatic heterocycles. The zero-order chi connectivity index (χ0) is 19.1. The Morgan fingerprint density at radius 1 is 0.750 bits per heavy atom. The molecule has 0 N–H and O–H groups in total. The summed E-state index contributed by atoms with van der Waals surface area (Å²) in [6.45, 7) is 2.84. The highest BCUT2D eigenvalue weighted by molar-refractivity contribution is 6.21. The first-order valence-corrected chi connectivity index (χ1v) is 10.5. The molecule has 2 aromatic rings.